The predicted octanol–water partition coefficient (Wildman–Crippen LogP) is 4.03. The van der Waals surface area contributed by atoms with Gasteiger partial charge in [-0.1, -0.05) is 60.1 Å². The Morgan fingerprint density at radius 1 is 1.04 bits per heavy atom. The average Bonchev–Trinajstić information content (AvgIpc) is 2.58. The molecule has 0 amide bonds. The van der Waals surface area contributed by atoms with Crippen molar-refractivity contribution in [3.63, 3.8) is 0 Å². The summed E-state index contributed by atoms with van der Waals surface area (Å²) in [6.45, 7) is 0.0999. The van der Waals surface area contributed by atoms with Gasteiger partial charge in [0, 0.05) is 16.7 Å². The molecule has 0 aliphatic carbocycles. The lowest BCUT2D eigenvalue weighted by Crippen LogP contribution is -2.11. The van der Waals surface area contributed by atoms with Crippen molar-refractivity contribution in [3.8, 4) is 0 Å². The zero-order valence-electron chi connectivity index (χ0n) is 12.9. The second-order valence-electron chi connectivity index (χ2n) is 5.16. The van der Waals surface area contributed by atoms with Crippen LogP contribution in [0.3, 0.4) is 0 Å². The van der Waals surface area contributed by atoms with Crippen molar-refractivity contribution < 1.29 is 19.4 Å². The largest absolute Gasteiger partial charge is 0.478 e. The third-order valence-corrected chi connectivity index (χ3v) is 3.76. The van der Waals surface area contributed by atoms with Crippen LogP contribution in [-0.4, -0.2) is 17.0 Å². The summed E-state index contributed by atoms with van der Waals surface area (Å²) >= 11 is 6.08. The standard InChI is InChI=1S/C19H17ClO4/c20-17-9-5-4-8-15(17)10-11-16(12-18(21)22)19(23)24-13-14-6-2-1-3-7-14/h1-9,12H,10-11,13H2,(H,21,22). The maximum atomic E-state index is 12.2. The summed E-state index contributed by atoms with van der Waals surface area (Å²) in [5.74, 6) is -1.81. The minimum Gasteiger partial charge on any atom is -0.478 e. The maximum Gasteiger partial charge on any atom is 0.334 e. The van der Waals surface area contributed by atoms with E-state index in [4.69, 9.17) is 21.4 Å². The van der Waals surface area contributed by atoms with Gasteiger partial charge in [-0.15, -0.1) is 0 Å². The first kappa shape index (κ1) is 17.8. The number of hydrogen-bond acceptors (Lipinski definition) is 3. The Balaban J connectivity index is 2.01. The molecule has 2 aromatic rings. The summed E-state index contributed by atoms with van der Waals surface area (Å²) in [5.41, 5.74) is 1.80. The molecule has 0 fully saturated rings. The molecule has 2 aromatic carbocycles. The molecule has 0 unspecified atom stereocenters. The number of carboxylic acids is 1. The van der Waals surface area contributed by atoms with Gasteiger partial charge >= 0.3 is 11.9 Å². The van der Waals surface area contributed by atoms with Gasteiger partial charge in [0.05, 0.1) is 0 Å². The molecule has 0 saturated carbocycles. The lowest BCUT2D eigenvalue weighted by Gasteiger charge is -2.09. The molecule has 124 valence electrons. The van der Waals surface area contributed by atoms with E-state index < -0.39 is 11.9 Å². The zero-order chi connectivity index (χ0) is 17.4. The van der Waals surface area contributed by atoms with Crippen LogP contribution in [0, 0.1) is 0 Å². The molecule has 1 N–H and O–H groups in total. The summed E-state index contributed by atoms with van der Waals surface area (Å²) in [7, 11) is 0. The van der Waals surface area contributed by atoms with Gasteiger partial charge in [0.1, 0.15) is 6.61 Å². The number of aryl methyl sites for hydroxylation is 1. The van der Waals surface area contributed by atoms with Crippen molar-refractivity contribution in [2.24, 2.45) is 0 Å². The van der Waals surface area contributed by atoms with E-state index in [0.29, 0.717) is 11.4 Å². The van der Waals surface area contributed by atoms with Crippen LogP contribution in [0.15, 0.2) is 66.2 Å². The highest BCUT2D eigenvalue weighted by Crippen LogP contribution is 2.19. The lowest BCUT2D eigenvalue weighted by atomic mass is 10.0. The number of carboxylic acid groups (broad SMARTS) is 1. The first-order valence-corrected chi connectivity index (χ1v) is 7.82. The van der Waals surface area contributed by atoms with E-state index in [1.165, 1.54) is 0 Å². The van der Waals surface area contributed by atoms with Crippen molar-refractivity contribution >= 4 is 23.5 Å². The van der Waals surface area contributed by atoms with Gasteiger partial charge in [-0.05, 0) is 30.0 Å². The van der Waals surface area contributed by atoms with E-state index in [2.05, 4.69) is 0 Å². The Labute approximate surface area is 145 Å². The molecule has 24 heavy (non-hydrogen) atoms. The molecular weight excluding hydrogens is 328 g/mol. The maximum absolute atomic E-state index is 12.2. The molecule has 0 spiro atoms. The third-order valence-electron chi connectivity index (χ3n) is 3.39. The first-order chi connectivity index (χ1) is 11.6. The minimum atomic E-state index is -1.18. The van der Waals surface area contributed by atoms with Crippen LogP contribution in [0.4, 0.5) is 0 Å². The SMILES string of the molecule is O=C(O)C=C(CCc1ccccc1Cl)C(=O)OCc1ccccc1. The summed E-state index contributed by atoms with van der Waals surface area (Å²) in [5, 5.41) is 9.55. The van der Waals surface area contributed by atoms with E-state index in [9.17, 15) is 9.59 Å². The van der Waals surface area contributed by atoms with Gasteiger partial charge in [0.25, 0.3) is 0 Å². The number of halogens is 1. The first-order valence-electron chi connectivity index (χ1n) is 7.44. The molecule has 2 rings (SSSR count). The summed E-state index contributed by atoms with van der Waals surface area (Å²) in [4.78, 5) is 23.1. The van der Waals surface area contributed by atoms with Crippen LogP contribution in [0.2, 0.25) is 5.02 Å². The lowest BCUT2D eigenvalue weighted by molar-refractivity contribution is -0.141. The summed E-state index contributed by atoms with van der Waals surface area (Å²) < 4.78 is 5.21. The summed E-state index contributed by atoms with van der Waals surface area (Å²) in [6.07, 6.45) is 1.59. The van der Waals surface area contributed by atoms with Crippen LogP contribution in [0.5, 0.6) is 0 Å². The number of hydrogen-bond donors (Lipinski definition) is 1. The van der Waals surface area contributed by atoms with Gasteiger partial charge in [-0.3, -0.25) is 0 Å². The fourth-order valence-corrected chi connectivity index (χ4v) is 2.40. The van der Waals surface area contributed by atoms with Crippen LogP contribution in [0.25, 0.3) is 0 Å². The highest BCUT2D eigenvalue weighted by molar-refractivity contribution is 6.31. The van der Waals surface area contributed by atoms with Crippen molar-refractivity contribution in [1.29, 1.82) is 0 Å². The van der Waals surface area contributed by atoms with E-state index in [-0.39, 0.29) is 18.6 Å². The van der Waals surface area contributed by atoms with Crippen molar-refractivity contribution in [2.75, 3.05) is 0 Å². The Bertz CT molecular complexity index is 738. The number of ether oxygens (including phenoxy) is 1. The molecule has 0 radical (unpaired) electrons. The normalized spacial score (nSPS) is 11.1. The Morgan fingerprint density at radius 3 is 2.38 bits per heavy atom. The van der Waals surface area contributed by atoms with Gasteiger partial charge in [-0.25, -0.2) is 9.59 Å². The fraction of sp³-hybridized carbons (Fsp3) is 0.158. The van der Waals surface area contributed by atoms with Gasteiger partial charge < -0.3 is 9.84 Å². The monoisotopic (exact) mass is 344 g/mol. The van der Waals surface area contributed by atoms with Gasteiger partial charge in [-0.2, -0.15) is 0 Å². The fourth-order valence-electron chi connectivity index (χ4n) is 2.17. The minimum absolute atomic E-state index is 0.0999. The van der Waals surface area contributed by atoms with E-state index >= 15 is 0 Å². The molecular formula is C19H17ClO4. The third kappa shape index (κ3) is 5.56. The highest BCUT2D eigenvalue weighted by atomic mass is 35.5. The molecule has 0 aliphatic rings. The smallest absolute Gasteiger partial charge is 0.334 e. The van der Waals surface area contributed by atoms with Crippen molar-refractivity contribution in [3.05, 3.63) is 82.4 Å². The number of carbonyl (C=O) groups is 2. The molecule has 0 aliphatic heterocycles. The quantitative estimate of drug-likeness (QED) is 0.608. The molecule has 4 nitrogen and oxygen atoms in total. The van der Waals surface area contributed by atoms with Crippen LogP contribution >= 0.6 is 11.6 Å². The molecule has 0 atom stereocenters. The number of benzene rings is 2. The molecule has 0 bridgehead atoms. The zero-order valence-corrected chi connectivity index (χ0v) is 13.7. The van der Waals surface area contributed by atoms with Gasteiger partial charge in [0.2, 0.25) is 0 Å². The predicted molar refractivity (Wildman–Crippen MR) is 91.7 cm³/mol. The van der Waals surface area contributed by atoms with Crippen molar-refractivity contribution in [2.45, 2.75) is 19.4 Å². The van der Waals surface area contributed by atoms with Crippen LogP contribution < -0.4 is 0 Å². The van der Waals surface area contributed by atoms with Crippen LogP contribution in [0.1, 0.15) is 17.5 Å². The Hall–Kier alpha value is -2.59. The van der Waals surface area contributed by atoms with E-state index in [1.807, 2.05) is 48.5 Å². The molecule has 5 heteroatoms. The van der Waals surface area contributed by atoms with Gasteiger partial charge in [0.15, 0.2) is 0 Å². The van der Waals surface area contributed by atoms with E-state index in [1.54, 1.807) is 6.07 Å². The van der Waals surface area contributed by atoms with Crippen molar-refractivity contribution in [1.82, 2.24) is 0 Å². The summed E-state index contributed by atoms with van der Waals surface area (Å²) in [6, 6.07) is 16.5. The molecule has 0 saturated heterocycles. The second kappa shape index (κ2) is 8.89. The topological polar surface area (TPSA) is 63.6 Å². The number of carbonyl (C=O) groups excluding carboxylic acids is 1. The number of aliphatic carboxylic acids is 1. The average molecular weight is 345 g/mol. The molecule has 0 aromatic heterocycles. The molecule has 0 heterocycles. The highest BCUT2D eigenvalue weighted by Gasteiger charge is 2.14. The Morgan fingerprint density at radius 2 is 1.71 bits per heavy atom. The number of rotatable bonds is 7. The number of esters is 1. The Kier molecular flexibility index (Phi) is 6.58. The van der Waals surface area contributed by atoms with E-state index in [0.717, 1.165) is 17.2 Å². The van der Waals surface area contributed by atoms with Crippen LogP contribution in [-0.2, 0) is 27.4 Å². The second-order valence-corrected chi connectivity index (χ2v) is 5.57.